The van der Waals surface area contributed by atoms with Crippen LogP contribution in [-0.4, -0.2) is 45.6 Å². The van der Waals surface area contributed by atoms with Gasteiger partial charge in [0.1, 0.15) is 23.4 Å². The predicted molar refractivity (Wildman–Crippen MR) is 173 cm³/mol. The number of aromatic hydroxyl groups is 1. The molecular formula is C35H42ClN3O5. The van der Waals surface area contributed by atoms with Crippen LogP contribution in [0.5, 0.6) is 5.75 Å². The van der Waals surface area contributed by atoms with Gasteiger partial charge in [-0.05, 0) is 101 Å². The summed E-state index contributed by atoms with van der Waals surface area (Å²) in [5.41, 5.74) is 3.74. The number of nitrogens with zero attached hydrogens (tertiary/aromatic N) is 1. The first-order valence-electron chi connectivity index (χ1n) is 15.0. The number of alkyl carbamates (subject to hydrolysis) is 1. The number of aryl methyl sites for hydroxylation is 3. The molecule has 0 bridgehead atoms. The second-order valence-corrected chi connectivity index (χ2v) is 13.0. The van der Waals surface area contributed by atoms with Crippen molar-refractivity contribution in [1.82, 2.24) is 10.2 Å². The maximum atomic E-state index is 14.8. The van der Waals surface area contributed by atoms with Gasteiger partial charge in [-0.2, -0.15) is 0 Å². The minimum absolute atomic E-state index is 0.0920. The van der Waals surface area contributed by atoms with Crippen LogP contribution in [0.3, 0.4) is 0 Å². The fraction of sp³-hybridized carbons (Fsp3) is 0.400. The van der Waals surface area contributed by atoms with Gasteiger partial charge in [0.15, 0.2) is 0 Å². The number of phenols is 1. The Kier molecular flexibility index (Phi) is 10.3. The summed E-state index contributed by atoms with van der Waals surface area (Å²) in [6.45, 7) is 11.0. The highest BCUT2D eigenvalue weighted by atomic mass is 35.5. The third kappa shape index (κ3) is 8.11. The van der Waals surface area contributed by atoms with Gasteiger partial charge in [-0.3, -0.25) is 9.59 Å². The number of anilines is 1. The Hall–Kier alpha value is -4.04. The summed E-state index contributed by atoms with van der Waals surface area (Å²) in [6.07, 6.45) is 1.77. The number of benzene rings is 3. The highest BCUT2D eigenvalue weighted by Crippen LogP contribution is 2.37. The number of hydrogen-bond donors (Lipinski definition) is 3. The van der Waals surface area contributed by atoms with Crippen molar-refractivity contribution in [2.24, 2.45) is 0 Å². The van der Waals surface area contributed by atoms with E-state index in [1.54, 1.807) is 43.9 Å². The molecule has 44 heavy (non-hydrogen) atoms. The molecule has 1 aliphatic carbocycles. The molecule has 9 heteroatoms. The molecule has 0 radical (unpaired) electrons. The number of amides is 3. The van der Waals surface area contributed by atoms with Crippen molar-refractivity contribution in [2.75, 3.05) is 5.32 Å². The number of ether oxygens (including phenoxy) is 1. The highest BCUT2D eigenvalue weighted by Gasteiger charge is 2.42. The lowest BCUT2D eigenvalue weighted by Gasteiger charge is -2.44. The van der Waals surface area contributed by atoms with Gasteiger partial charge in [0.25, 0.3) is 5.91 Å². The molecule has 0 aliphatic heterocycles. The summed E-state index contributed by atoms with van der Waals surface area (Å²) in [6, 6.07) is 15.5. The molecule has 3 aromatic rings. The van der Waals surface area contributed by atoms with E-state index in [9.17, 15) is 19.5 Å². The summed E-state index contributed by atoms with van der Waals surface area (Å²) in [5, 5.41) is 16.0. The van der Waals surface area contributed by atoms with Crippen molar-refractivity contribution in [3.8, 4) is 5.75 Å². The Balaban J connectivity index is 1.80. The molecule has 2 unspecified atom stereocenters. The van der Waals surface area contributed by atoms with Gasteiger partial charge >= 0.3 is 6.09 Å². The van der Waals surface area contributed by atoms with E-state index in [0.29, 0.717) is 16.3 Å². The van der Waals surface area contributed by atoms with Crippen LogP contribution in [0.15, 0.2) is 60.7 Å². The lowest BCUT2D eigenvalue weighted by molar-refractivity contribution is -0.145. The molecule has 3 aromatic carbocycles. The molecule has 0 spiro atoms. The molecule has 0 aromatic heterocycles. The molecule has 2 atom stereocenters. The van der Waals surface area contributed by atoms with Gasteiger partial charge in [0.2, 0.25) is 5.91 Å². The third-order valence-corrected chi connectivity index (χ3v) is 8.13. The minimum Gasteiger partial charge on any atom is -0.508 e. The molecule has 8 nitrogen and oxygen atoms in total. The van der Waals surface area contributed by atoms with E-state index in [1.807, 2.05) is 51.1 Å². The summed E-state index contributed by atoms with van der Waals surface area (Å²) in [7, 11) is 0. The molecule has 1 fully saturated rings. The van der Waals surface area contributed by atoms with E-state index in [0.717, 1.165) is 41.5 Å². The van der Waals surface area contributed by atoms with E-state index in [1.165, 1.54) is 12.1 Å². The first-order chi connectivity index (χ1) is 20.7. The van der Waals surface area contributed by atoms with Crippen LogP contribution in [0.25, 0.3) is 0 Å². The molecule has 1 saturated carbocycles. The number of para-hydroxylation sites is 1. The van der Waals surface area contributed by atoms with Crippen LogP contribution in [0, 0.1) is 20.8 Å². The van der Waals surface area contributed by atoms with Gasteiger partial charge in [0, 0.05) is 12.5 Å². The van der Waals surface area contributed by atoms with Crippen LogP contribution in [0.2, 0.25) is 5.02 Å². The number of phenolic OH excluding ortho intramolecular Hbond substituents is 1. The van der Waals surface area contributed by atoms with Gasteiger partial charge in [-0.25, -0.2) is 4.79 Å². The van der Waals surface area contributed by atoms with E-state index < -0.39 is 35.6 Å². The van der Waals surface area contributed by atoms with Crippen LogP contribution in [0.1, 0.15) is 73.9 Å². The van der Waals surface area contributed by atoms with Gasteiger partial charge < -0.3 is 25.4 Å². The molecule has 0 heterocycles. The molecule has 4 rings (SSSR count). The second kappa shape index (κ2) is 13.7. The zero-order chi connectivity index (χ0) is 32.2. The molecule has 3 N–H and O–H groups in total. The number of rotatable bonds is 9. The monoisotopic (exact) mass is 619 g/mol. The topological polar surface area (TPSA) is 108 Å². The quantitative estimate of drug-likeness (QED) is 0.235. The van der Waals surface area contributed by atoms with Crippen molar-refractivity contribution in [3.05, 3.63) is 93.5 Å². The van der Waals surface area contributed by atoms with Crippen molar-refractivity contribution >= 4 is 35.2 Å². The lowest BCUT2D eigenvalue weighted by atomic mass is 9.86. The van der Waals surface area contributed by atoms with Gasteiger partial charge in [-0.1, -0.05) is 59.6 Å². The van der Waals surface area contributed by atoms with Crippen molar-refractivity contribution in [1.29, 1.82) is 0 Å². The molecule has 1 aliphatic rings. The molecule has 0 saturated heterocycles. The average Bonchev–Trinajstić information content (AvgIpc) is 2.90. The Labute approximate surface area is 264 Å². The normalized spacial score (nSPS) is 14.6. The Bertz CT molecular complexity index is 1490. The van der Waals surface area contributed by atoms with Crippen LogP contribution in [0.4, 0.5) is 10.5 Å². The summed E-state index contributed by atoms with van der Waals surface area (Å²) < 4.78 is 5.53. The van der Waals surface area contributed by atoms with Crippen LogP contribution in [-0.2, 0) is 20.7 Å². The maximum Gasteiger partial charge on any atom is 0.408 e. The van der Waals surface area contributed by atoms with Crippen molar-refractivity contribution in [2.45, 2.75) is 91.0 Å². The van der Waals surface area contributed by atoms with Gasteiger partial charge in [0.05, 0.1) is 10.7 Å². The molecule has 234 valence electrons. The van der Waals surface area contributed by atoms with Crippen molar-refractivity contribution < 1.29 is 24.2 Å². The largest absolute Gasteiger partial charge is 0.508 e. The summed E-state index contributed by atoms with van der Waals surface area (Å²) >= 11 is 6.51. The fourth-order valence-corrected chi connectivity index (χ4v) is 5.60. The Morgan fingerprint density at radius 3 is 2.27 bits per heavy atom. The van der Waals surface area contributed by atoms with E-state index in [-0.39, 0.29) is 18.2 Å². The van der Waals surface area contributed by atoms with E-state index >= 15 is 0 Å². The first-order valence-corrected chi connectivity index (χ1v) is 15.3. The molecule has 3 amide bonds. The zero-order valence-corrected chi connectivity index (χ0v) is 27.0. The van der Waals surface area contributed by atoms with Crippen molar-refractivity contribution in [3.63, 3.8) is 0 Å². The van der Waals surface area contributed by atoms with Crippen LogP contribution < -0.4 is 10.6 Å². The number of hydrogen-bond acceptors (Lipinski definition) is 5. The maximum absolute atomic E-state index is 14.8. The highest BCUT2D eigenvalue weighted by molar-refractivity contribution is 6.34. The average molecular weight is 620 g/mol. The number of carbonyl (C=O) groups excluding carboxylic acids is 3. The SMILES string of the molecule is Cc1ccc(C)c(C(C(=O)Nc2c(C)cccc2Cl)N(C(=O)C(Cc2ccc(O)cc2)NC(=O)OC(C)(C)C)C2CCC2)c1. The van der Waals surface area contributed by atoms with E-state index in [4.69, 9.17) is 16.3 Å². The van der Waals surface area contributed by atoms with Gasteiger partial charge in [-0.15, -0.1) is 0 Å². The summed E-state index contributed by atoms with van der Waals surface area (Å²) in [5.74, 6) is -0.698. The van der Waals surface area contributed by atoms with Crippen LogP contribution >= 0.6 is 11.6 Å². The van der Waals surface area contributed by atoms with E-state index in [2.05, 4.69) is 10.6 Å². The summed E-state index contributed by atoms with van der Waals surface area (Å²) in [4.78, 5) is 43.8. The smallest absolute Gasteiger partial charge is 0.408 e. The Morgan fingerprint density at radius 1 is 1.00 bits per heavy atom. The zero-order valence-electron chi connectivity index (χ0n) is 26.2. The number of halogens is 1. The number of carbonyl (C=O) groups is 3. The standard InChI is InChI=1S/C35H42ClN3O5/c1-21-13-14-22(2)27(19-21)31(32(41)38-30-23(3)9-7-12-28(30)36)39(25-10-8-11-25)33(42)29(37-34(43)44-35(4,5)6)20-24-15-17-26(40)18-16-24/h7,9,12-19,25,29,31,40H,8,10-11,20H2,1-6H3,(H,37,43)(H,38,41). The third-order valence-electron chi connectivity index (χ3n) is 7.81. The second-order valence-electron chi connectivity index (χ2n) is 12.6. The predicted octanol–water partition coefficient (Wildman–Crippen LogP) is 7.17. The lowest BCUT2D eigenvalue weighted by Crippen LogP contribution is -2.57. The molecular weight excluding hydrogens is 578 g/mol. The first kappa shape index (κ1) is 32.9. The Morgan fingerprint density at radius 2 is 1.68 bits per heavy atom. The number of nitrogens with one attached hydrogen (secondary N) is 2. The minimum atomic E-state index is -1.04. The fourth-order valence-electron chi connectivity index (χ4n) is 5.33.